The van der Waals surface area contributed by atoms with Gasteiger partial charge in [-0.05, 0) is 43.4 Å². The van der Waals surface area contributed by atoms with Crippen LogP contribution in [0.25, 0.3) is 17.1 Å². The van der Waals surface area contributed by atoms with Crippen molar-refractivity contribution in [2.75, 3.05) is 0 Å². The van der Waals surface area contributed by atoms with E-state index >= 15 is 0 Å². The summed E-state index contributed by atoms with van der Waals surface area (Å²) >= 11 is 11.8. The molecular formula is C15H14ClN4S+. The van der Waals surface area contributed by atoms with Crippen LogP contribution in [-0.2, 0) is 6.54 Å². The zero-order valence-corrected chi connectivity index (χ0v) is 13.0. The highest BCUT2D eigenvalue weighted by molar-refractivity contribution is 7.71. The molecule has 0 aliphatic rings. The first-order chi connectivity index (χ1) is 10.2. The second-order valence-electron chi connectivity index (χ2n) is 4.51. The van der Waals surface area contributed by atoms with E-state index in [2.05, 4.69) is 17.0 Å². The molecule has 3 rings (SSSR count). The van der Waals surface area contributed by atoms with E-state index in [1.54, 1.807) is 12.4 Å². The molecule has 4 nitrogen and oxygen atoms in total. The molecule has 0 bridgehead atoms. The van der Waals surface area contributed by atoms with Crippen LogP contribution in [0.3, 0.4) is 0 Å². The maximum absolute atomic E-state index is 6.34. The van der Waals surface area contributed by atoms with Crippen LogP contribution in [0.4, 0.5) is 0 Å². The van der Waals surface area contributed by atoms with Gasteiger partial charge in [-0.1, -0.05) is 23.7 Å². The lowest BCUT2D eigenvalue weighted by Gasteiger charge is -2.05. The van der Waals surface area contributed by atoms with Crippen LogP contribution in [0.5, 0.6) is 0 Å². The number of aromatic nitrogens is 4. The number of nitrogens with zero attached hydrogens (tertiary/aromatic N) is 3. The zero-order chi connectivity index (χ0) is 14.8. The van der Waals surface area contributed by atoms with Crippen LogP contribution in [0, 0.1) is 4.77 Å². The van der Waals surface area contributed by atoms with E-state index in [0.717, 1.165) is 23.6 Å². The minimum Gasteiger partial charge on any atom is -0.265 e. The highest BCUT2D eigenvalue weighted by Gasteiger charge is 2.23. The normalized spacial score (nSPS) is 10.8. The van der Waals surface area contributed by atoms with Gasteiger partial charge in [0.2, 0.25) is 0 Å². The van der Waals surface area contributed by atoms with E-state index in [4.69, 9.17) is 23.8 Å². The Morgan fingerprint density at radius 3 is 2.62 bits per heavy atom. The van der Waals surface area contributed by atoms with Crippen molar-refractivity contribution in [3.63, 3.8) is 0 Å². The minimum absolute atomic E-state index is 0.608. The van der Waals surface area contributed by atoms with Crippen LogP contribution in [0.15, 0.2) is 48.8 Å². The lowest BCUT2D eigenvalue weighted by molar-refractivity contribution is -0.591. The Morgan fingerprint density at radius 2 is 1.95 bits per heavy atom. The molecule has 0 aliphatic heterocycles. The van der Waals surface area contributed by atoms with Gasteiger partial charge < -0.3 is 0 Å². The third-order valence-electron chi connectivity index (χ3n) is 3.25. The van der Waals surface area contributed by atoms with E-state index in [9.17, 15) is 0 Å². The Morgan fingerprint density at radius 1 is 1.24 bits per heavy atom. The van der Waals surface area contributed by atoms with Gasteiger partial charge in [-0.15, -0.1) is 9.78 Å². The molecule has 2 aromatic heterocycles. The number of hydrogen-bond donors (Lipinski definition) is 1. The lowest BCUT2D eigenvalue weighted by atomic mass is 10.2. The summed E-state index contributed by atoms with van der Waals surface area (Å²) in [6.45, 7) is 2.84. The first-order valence-electron chi connectivity index (χ1n) is 6.62. The molecule has 0 amide bonds. The van der Waals surface area contributed by atoms with Crippen molar-refractivity contribution in [1.29, 1.82) is 0 Å². The quantitative estimate of drug-likeness (QED) is 0.592. The van der Waals surface area contributed by atoms with E-state index in [-0.39, 0.29) is 0 Å². The van der Waals surface area contributed by atoms with Gasteiger partial charge in [0.25, 0.3) is 5.82 Å². The fraction of sp³-hybridized carbons (Fsp3) is 0.133. The second-order valence-corrected chi connectivity index (χ2v) is 5.30. The van der Waals surface area contributed by atoms with Crippen molar-refractivity contribution in [1.82, 2.24) is 14.8 Å². The first-order valence-corrected chi connectivity index (χ1v) is 7.41. The molecule has 6 heteroatoms. The standard InChI is InChI=1S/C15H13ClN4S/c1-2-19-14(11-7-9-17-10-8-11)20(15(21)18-19)13-6-4-3-5-12(13)16/h3-10H,2H2,1H3/p+1. The van der Waals surface area contributed by atoms with Gasteiger partial charge in [0.1, 0.15) is 5.69 Å². The van der Waals surface area contributed by atoms with Crippen molar-refractivity contribution in [2.45, 2.75) is 13.5 Å². The van der Waals surface area contributed by atoms with Crippen molar-refractivity contribution in [2.24, 2.45) is 0 Å². The third-order valence-corrected chi connectivity index (χ3v) is 3.84. The summed E-state index contributed by atoms with van der Waals surface area (Å²) in [6.07, 6.45) is 3.53. The van der Waals surface area contributed by atoms with Crippen LogP contribution >= 0.6 is 23.8 Å². The molecule has 21 heavy (non-hydrogen) atoms. The van der Waals surface area contributed by atoms with E-state index in [1.807, 2.05) is 45.6 Å². The molecule has 0 atom stereocenters. The summed E-state index contributed by atoms with van der Waals surface area (Å²) < 4.78 is 4.56. The van der Waals surface area contributed by atoms with Crippen molar-refractivity contribution in [3.05, 3.63) is 58.6 Å². The summed E-state index contributed by atoms with van der Waals surface area (Å²) in [6, 6.07) is 11.6. The molecule has 0 spiro atoms. The number of H-pyrrole nitrogens is 1. The Hall–Kier alpha value is -1.98. The maximum Gasteiger partial charge on any atom is 0.328 e. The Bertz CT molecular complexity index is 823. The van der Waals surface area contributed by atoms with Gasteiger partial charge in [-0.25, -0.2) is 0 Å². The largest absolute Gasteiger partial charge is 0.328 e. The summed E-state index contributed by atoms with van der Waals surface area (Å²) in [7, 11) is 0. The Balaban J connectivity index is 2.34. The van der Waals surface area contributed by atoms with Crippen molar-refractivity contribution >= 4 is 23.8 Å². The first kappa shape index (κ1) is 14.0. The van der Waals surface area contributed by atoms with Gasteiger partial charge in [0.15, 0.2) is 0 Å². The average Bonchev–Trinajstić information content (AvgIpc) is 2.85. The van der Waals surface area contributed by atoms with Gasteiger partial charge >= 0.3 is 4.77 Å². The van der Waals surface area contributed by atoms with Crippen LogP contribution < -0.4 is 4.57 Å². The number of rotatable bonds is 3. The van der Waals surface area contributed by atoms with Gasteiger partial charge in [-0.3, -0.25) is 4.98 Å². The van der Waals surface area contributed by atoms with E-state index in [0.29, 0.717) is 9.79 Å². The molecular weight excluding hydrogens is 304 g/mol. The number of hydrogen-bond acceptors (Lipinski definition) is 2. The molecule has 0 unspecified atom stereocenters. The van der Waals surface area contributed by atoms with Crippen LogP contribution in [0.1, 0.15) is 6.92 Å². The topological polar surface area (TPSA) is 37.5 Å². The van der Waals surface area contributed by atoms with Gasteiger partial charge in [-0.2, -0.15) is 4.57 Å². The predicted octanol–water partition coefficient (Wildman–Crippen LogP) is 3.56. The number of halogens is 1. The monoisotopic (exact) mass is 317 g/mol. The number of para-hydroxylation sites is 1. The Kier molecular flexibility index (Phi) is 3.86. The molecule has 0 saturated carbocycles. The van der Waals surface area contributed by atoms with Gasteiger partial charge in [0.05, 0.1) is 17.1 Å². The molecule has 106 valence electrons. The zero-order valence-electron chi connectivity index (χ0n) is 11.5. The lowest BCUT2D eigenvalue weighted by Crippen LogP contribution is -2.34. The molecule has 1 aromatic carbocycles. The van der Waals surface area contributed by atoms with Crippen molar-refractivity contribution < 1.29 is 4.57 Å². The second kappa shape index (κ2) is 5.79. The molecule has 0 saturated heterocycles. The summed E-state index contributed by atoms with van der Waals surface area (Å²) in [5, 5.41) is 3.86. The van der Waals surface area contributed by atoms with Gasteiger partial charge in [0, 0.05) is 12.4 Å². The third kappa shape index (κ3) is 2.50. The fourth-order valence-electron chi connectivity index (χ4n) is 2.31. The molecule has 0 fully saturated rings. The summed E-state index contributed by atoms with van der Waals surface area (Å²) in [4.78, 5) is 4.07. The number of nitrogens with one attached hydrogen (secondary N) is 1. The molecule has 1 N–H and O–H groups in total. The highest BCUT2D eigenvalue weighted by atomic mass is 35.5. The number of pyridine rings is 1. The highest BCUT2D eigenvalue weighted by Crippen LogP contribution is 2.20. The number of aromatic amines is 1. The maximum atomic E-state index is 6.34. The number of benzene rings is 1. The average molecular weight is 318 g/mol. The van der Waals surface area contributed by atoms with E-state index in [1.165, 1.54) is 0 Å². The minimum atomic E-state index is 0.608. The van der Waals surface area contributed by atoms with Crippen LogP contribution in [-0.4, -0.2) is 14.8 Å². The number of aryl methyl sites for hydroxylation is 1. The molecule has 2 heterocycles. The molecule has 3 aromatic rings. The smallest absolute Gasteiger partial charge is 0.265 e. The van der Waals surface area contributed by atoms with Crippen LogP contribution in [0.2, 0.25) is 5.02 Å². The summed E-state index contributed by atoms with van der Waals surface area (Å²) in [5.74, 6) is 0.956. The van der Waals surface area contributed by atoms with E-state index < -0.39 is 0 Å². The SMILES string of the molecule is CCn1[nH]c(=S)[n+](-c2ccccc2Cl)c1-c1ccncc1. The molecule has 0 radical (unpaired) electrons. The predicted molar refractivity (Wildman–Crippen MR) is 85.1 cm³/mol. The fourth-order valence-corrected chi connectivity index (χ4v) is 2.82. The van der Waals surface area contributed by atoms with Crippen molar-refractivity contribution in [3.8, 4) is 17.1 Å². The summed E-state index contributed by atoms with van der Waals surface area (Å²) in [5.41, 5.74) is 1.89. The Labute approximate surface area is 132 Å². The molecule has 0 aliphatic carbocycles.